The van der Waals surface area contributed by atoms with Crippen LogP contribution in [0.2, 0.25) is 0 Å². The summed E-state index contributed by atoms with van der Waals surface area (Å²) >= 11 is 1.40. The van der Waals surface area contributed by atoms with Crippen molar-refractivity contribution in [3.8, 4) is 0 Å². The summed E-state index contributed by atoms with van der Waals surface area (Å²) in [5.74, 6) is -0.840. The third-order valence-electron chi connectivity index (χ3n) is 3.79. The molecule has 2 atom stereocenters. The topological polar surface area (TPSA) is 94.3 Å². The van der Waals surface area contributed by atoms with Gasteiger partial charge in [-0.05, 0) is 18.4 Å². The molecule has 1 aliphatic rings. The van der Waals surface area contributed by atoms with Crippen LogP contribution in [0.25, 0.3) is 0 Å². The van der Waals surface area contributed by atoms with Gasteiger partial charge >= 0.3 is 5.97 Å². The lowest BCUT2D eigenvalue weighted by Crippen LogP contribution is -2.62. The number of anilines is 1. The Morgan fingerprint density at radius 2 is 2.13 bits per heavy atom. The standard InChI is InChI=1S/C16H17N3O3S/c17-16-18-8-11(23-16)6-7-12-13(19-14(12)20)15(21)22-9-10-4-2-1-3-5-10/h1-5,8,12-13H,6-7,9H2,(H2,17,18)(H,19,20). The van der Waals surface area contributed by atoms with Gasteiger partial charge in [0.15, 0.2) is 5.13 Å². The molecular formula is C16H17N3O3S. The minimum atomic E-state index is -0.559. The highest BCUT2D eigenvalue weighted by atomic mass is 32.1. The Kier molecular flexibility index (Phi) is 4.57. The van der Waals surface area contributed by atoms with Gasteiger partial charge in [-0.3, -0.25) is 4.79 Å². The summed E-state index contributed by atoms with van der Waals surface area (Å²) in [5, 5.41) is 3.13. The van der Waals surface area contributed by atoms with Crippen molar-refractivity contribution in [3.05, 3.63) is 47.0 Å². The van der Waals surface area contributed by atoms with Crippen molar-refractivity contribution in [1.29, 1.82) is 0 Å². The summed E-state index contributed by atoms with van der Waals surface area (Å²) < 4.78 is 5.28. The molecule has 7 heteroatoms. The van der Waals surface area contributed by atoms with E-state index < -0.39 is 6.04 Å². The zero-order valence-electron chi connectivity index (χ0n) is 12.4. The molecule has 1 fully saturated rings. The minimum absolute atomic E-state index is 0.107. The van der Waals surface area contributed by atoms with Crippen LogP contribution in [0.5, 0.6) is 0 Å². The molecule has 1 aromatic heterocycles. The van der Waals surface area contributed by atoms with E-state index in [0.717, 1.165) is 10.4 Å². The van der Waals surface area contributed by atoms with Crippen LogP contribution in [-0.2, 0) is 27.4 Å². The maximum atomic E-state index is 12.1. The van der Waals surface area contributed by atoms with E-state index in [1.807, 2.05) is 30.3 Å². The van der Waals surface area contributed by atoms with Crippen molar-refractivity contribution < 1.29 is 14.3 Å². The molecule has 1 saturated heterocycles. The van der Waals surface area contributed by atoms with Crippen LogP contribution in [0.1, 0.15) is 16.9 Å². The molecule has 0 bridgehead atoms. The molecule has 2 heterocycles. The number of aromatic nitrogens is 1. The van der Waals surface area contributed by atoms with E-state index in [0.29, 0.717) is 18.0 Å². The van der Waals surface area contributed by atoms with Crippen molar-refractivity contribution in [2.24, 2.45) is 5.92 Å². The molecule has 0 saturated carbocycles. The van der Waals surface area contributed by atoms with E-state index in [-0.39, 0.29) is 24.4 Å². The normalized spacial score (nSPS) is 19.7. The lowest BCUT2D eigenvalue weighted by molar-refractivity contribution is -0.159. The fourth-order valence-electron chi connectivity index (χ4n) is 2.49. The van der Waals surface area contributed by atoms with Gasteiger partial charge in [-0.15, -0.1) is 11.3 Å². The second-order valence-corrected chi connectivity index (χ2v) is 6.54. The smallest absolute Gasteiger partial charge is 0.329 e. The zero-order chi connectivity index (χ0) is 16.2. The van der Waals surface area contributed by atoms with Crippen molar-refractivity contribution in [3.63, 3.8) is 0 Å². The Bertz CT molecular complexity index is 702. The van der Waals surface area contributed by atoms with Gasteiger partial charge in [-0.25, -0.2) is 9.78 Å². The van der Waals surface area contributed by atoms with E-state index in [4.69, 9.17) is 10.5 Å². The number of hydrogen-bond acceptors (Lipinski definition) is 6. The molecule has 23 heavy (non-hydrogen) atoms. The van der Waals surface area contributed by atoms with Gasteiger partial charge in [-0.1, -0.05) is 30.3 Å². The quantitative estimate of drug-likeness (QED) is 0.618. The minimum Gasteiger partial charge on any atom is -0.459 e. The number of amides is 1. The Morgan fingerprint density at radius 1 is 1.35 bits per heavy atom. The Balaban J connectivity index is 1.50. The van der Waals surface area contributed by atoms with Crippen molar-refractivity contribution in [2.75, 3.05) is 5.73 Å². The number of benzene rings is 1. The third-order valence-corrected chi connectivity index (χ3v) is 4.67. The number of nitrogen functional groups attached to an aromatic ring is 1. The van der Waals surface area contributed by atoms with Crippen LogP contribution in [-0.4, -0.2) is 22.9 Å². The average Bonchev–Trinajstić information content (AvgIpc) is 2.96. The van der Waals surface area contributed by atoms with Crippen LogP contribution < -0.4 is 11.1 Å². The van der Waals surface area contributed by atoms with E-state index in [2.05, 4.69) is 10.3 Å². The number of β-lactam (4-membered cyclic amide) rings is 1. The number of ether oxygens (including phenoxy) is 1. The summed E-state index contributed by atoms with van der Waals surface area (Å²) in [5.41, 5.74) is 6.50. The first kappa shape index (κ1) is 15.5. The summed E-state index contributed by atoms with van der Waals surface area (Å²) in [6.07, 6.45) is 2.97. The number of rotatable bonds is 6. The number of hydrogen-bond donors (Lipinski definition) is 2. The lowest BCUT2D eigenvalue weighted by atomic mass is 9.86. The van der Waals surface area contributed by atoms with Crippen molar-refractivity contribution >= 4 is 28.3 Å². The second kappa shape index (κ2) is 6.78. The van der Waals surface area contributed by atoms with E-state index in [9.17, 15) is 9.59 Å². The summed E-state index contributed by atoms with van der Waals surface area (Å²) in [6.45, 7) is 0.212. The van der Waals surface area contributed by atoms with Gasteiger partial charge in [-0.2, -0.15) is 0 Å². The van der Waals surface area contributed by atoms with Crippen LogP contribution in [0, 0.1) is 5.92 Å². The molecule has 3 N–H and O–H groups in total. The first-order valence-corrected chi connectivity index (χ1v) is 8.16. The molecule has 0 aliphatic carbocycles. The van der Waals surface area contributed by atoms with Gasteiger partial charge in [0.1, 0.15) is 12.6 Å². The van der Waals surface area contributed by atoms with Crippen LogP contribution in [0.15, 0.2) is 36.5 Å². The largest absolute Gasteiger partial charge is 0.459 e. The molecule has 1 amide bonds. The molecule has 1 aromatic carbocycles. The number of nitrogens with zero attached hydrogens (tertiary/aromatic N) is 1. The van der Waals surface area contributed by atoms with Gasteiger partial charge in [0.2, 0.25) is 5.91 Å². The number of carbonyl (C=O) groups is 2. The fourth-order valence-corrected chi connectivity index (χ4v) is 3.19. The average molecular weight is 331 g/mol. The van der Waals surface area contributed by atoms with Gasteiger partial charge in [0, 0.05) is 11.1 Å². The SMILES string of the molecule is Nc1ncc(CCC2C(=O)NC2C(=O)OCc2ccccc2)s1. The molecular weight excluding hydrogens is 314 g/mol. The molecule has 3 rings (SSSR count). The predicted molar refractivity (Wildman–Crippen MR) is 86.5 cm³/mol. The number of esters is 1. The summed E-state index contributed by atoms with van der Waals surface area (Å²) in [6, 6.07) is 8.89. The zero-order valence-corrected chi connectivity index (χ0v) is 13.2. The van der Waals surface area contributed by atoms with Crippen LogP contribution >= 0.6 is 11.3 Å². The molecule has 6 nitrogen and oxygen atoms in total. The maximum absolute atomic E-state index is 12.1. The molecule has 0 spiro atoms. The molecule has 0 radical (unpaired) electrons. The highest BCUT2D eigenvalue weighted by Gasteiger charge is 2.44. The molecule has 1 aliphatic heterocycles. The number of thiazole rings is 1. The third kappa shape index (κ3) is 3.68. The highest BCUT2D eigenvalue weighted by Crippen LogP contribution is 2.25. The van der Waals surface area contributed by atoms with Gasteiger partial charge < -0.3 is 15.8 Å². The predicted octanol–water partition coefficient (Wildman–Crippen LogP) is 1.52. The lowest BCUT2D eigenvalue weighted by Gasteiger charge is -2.34. The number of carbonyl (C=O) groups excluding carboxylic acids is 2. The molecule has 2 unspecified atom stereocenters. The second-order valence-electron chi connectivity index (χ2n) is 5.39. The van der Waals surface area contributed by atoms with E-state index >= 15 is 0 Å². The Hall–Kier alpha value is -2.41. The van der Waals surface area contributed by atoms with Gasteiger partial charge in [0.25, 0.3) is 0 Å². The first-order valence-electron chi connectivity index (χ1n) is 7.34. The Morgan fingerprint density at radius 3 is 2.78 bits per heavy atom. The van der Waals surface area contributed by atoms with Crippen molar-refractivity contribution in [2.45, 2.75) is 25.5 Å². The number of nitrogens with two attached hydrogens (primary N) is 1. The van der Waals surface area contributed by atoms with Gasteiger partial charge in [0.05, 0.1) is 5.92 Å². The first-order chi connectivity index (χ1) is 11.1. The van der Waals surface area contributed by atoms with Crippen molar-refractivity contribution in [1.82, 2.24) is 10.3 Å². The van der Waals surface area contributed by atoms with Crippen LogP contribution in [0.4, 0.5) is 5.13 Å². The maximum Gasteiger partial charge on any atom is 0.329 e. The monoisotopic (exact) mass is 331 g/mol. The highest BCUT2D eigenvalue weighted by molar-refractivity contribution is 7.15. The molecule has 120 valence electrons. The summed E-state index contributed by atoms with van der Waals surface area (Å²) in [7, 11) is 0. The summed E-state index contributed by atoms with van der Waals surface area (Å²) in [4.78, 5) is 28.8. The number of nitrogens with one attached hydrogen (secondary N) is 1. The fraction of sp³-hybridized carbons (Fsp3) is 0.312. The van der Waals surface area contributed by atoms with E-state index in [1.165, 1.54) is 11.3 Å². The Labute approximate surface area is 137 Å². The number of aryl methyl sites for hydroxylation is 1. The van der Waals surface area contributed by atoms with E-state index in [1.54, 1.807) is 6.20 Å². The van der Waals surface area contributed by atoms with Crippen LogP contribution in [0.3, 0.4) is 0 Å². The molecule has 2 aromatic rings.